The summed E-state index contributed by atoms with van der Waals surface area (Å²) in [5, 5.41) is 5.11. The summed E-state index contributed by atoms with van der Waals surface area (Å²) in [6, 6.07) is 7.44. The Hall–Kier alpha value is -2.35. The third kappa shape index (κ3) is 9.23. The van der Waals surface area contributed by atoms with Gasteiger partial charge in [0.05, 0.1) is 0 Å². The zero-order valence-electron chi connectivity index (χ0n) is 15.5. The van der Waals surface area contributed by atoms with Crippen LogP contribution in [-0.2, 0) is 20.9 Å². The molecular formula is C19H26BrN3O4. The van der Waals surface area contributed by atoms with Crippen molar-refractivity contribution in [3.05, 3.63) is 47.0 Å². The van der Waals surface area contributed by atoms with Crippen molar-refractivity contribution < 1.29 is 19.1 Å². The summed E-state index contributed by atoms with van der Waals surface area (Å²) in [4.78, 5) is 36.2. The summed E-state index contributed by atoms with van der Waals surface area (Å²) in [5.41, 5.74) is 6.16. The predicted octanol–water partition coefficient (Wildman–Crippen LogP) is 2.60. The Kier molecular flexibility index (Phi) is 9.56. The van der Waals surface area contributed by atoms with Gasteiger partial charge in [-0.1, -0.05) is 66.7 Å². The molecule has 3 amide bonds. The number of halogens is 1. The first-order valence-electron chi connectivity index (χ1n) is 8.59. The van der Waals surface area contributed by atoms with Gasteiger partial charge in [-0.25, -0.2) is 4.79 Å². The van der Waals surface area contributed by atoms with Crippen molar-refractivity contribution in [2.24, 2.45) is 11.7 Å². The first kappa shape index (κ1) is 22.7. The standard InChI is InChI=1S/C19H26BrN3O4/c1-12(2)9-16(18(25)22-15(17(21)24)10-13(3)20)23-19(26)27-11-14-7-5-4-6-8-14/h4-8,12,15-16H,3,9-11H2,1-2H3,(H2,21,24)(H,22,25)(H,23,26)/t15-,16+/m1/s1. The molecule has 1 rings (SSSR count). The second kappa shape index (κ2) is 11.4. The van der Waals surface area contributed by atoms with Gasteiger partial charge >= 0.3 is 6.09 Å². The number of hydrogen-bond donors (Lipinski definition) is 3. The summed E-state index contributed by atoms with van der Waals surface area (Å²) in [7, 11) is 0. The van der Waals surface area contributed by atoms with Gasteiger partial charge in [0, 0.05) is 6.42 Å². The molecule has 0 heterocycles. The Morgan fingerprint density at radius 1 is 1.15 bits per heavy atom. The van der Waals surface area contributed by atoms with Crippen LogP contribution >= 0.6 is 15.9 Å². The number of benzene rings is 1. The molecule has 1 aromatic rings. The van der Waals surface area contributed by atoms with Gasteiger partial charge in [-0.05, 0) is 22.4 Å². The van der Waals surface area contributed by atoms with Crippen molar-refractivity contribution in [2.75, 3.05) is 0 Å². The number of nitrogens with two attached hydrogens (primary N) is 1. The largest absolute Gasteiger partial charge is 0.445 e. The number of carbonyl (C=O) groups excluding carboxylic acids is 3. The molecule has 0 unspecified atom stereocenters. The first-order valence-corrected chi connectivity index (χ1v) is 9.38. The molecule has 2 atom stereocenters. The molecule has 0 radical (unpaired) electrons. The van der Waals surface area contributed by atoms with Crippen LogP contribution in [-0.4, -0.2) is 30.0 Å². The highest BCUT2D eigenvalue weighted by atomic mass is 79.9. The minimum absolute atomic E-state index is 0.0933. The Morgan fingerprint density at radius 2 is 1.78 bits per heavy atom. The molecule has 0 saturated carbocycles. The molecule has 1 aromatic carbocycles. The quantitative estimate of drug-likeness (QED) is 0.520. The van der Waals surface area contributed by atoms with E-state index in [1.165, 1.54) is 0 Å². The predicted molar refractivity (Wildman–Crippen MR) is 107 cm³/mol. The van der Waals surface area contributed by atoms with E-state index in [9.17, 15) is 14.4 Å². The number of hydrogen-bond acceptors (Lipinski definition) is 4. The van der Waals surface area contributed by atoms with Crippen LogP contribution in [0.4, 0.5) is 4.79 Å². The normalized spacial score (nSPS) is 12.7. The molecular weight excluding hydrogens is 414 g/mol. The molecule has 0 spiro atoms. The molecule has 27 heavy (non-hydrogen) atoms. The Bertz CT molecular complexity index is 664. The molecule has 0 fully saturated rings. The molecule has 148 valence electrons. The number of alkyl carbamates (subject to hydrolysis) is 1. The van der Waals surface area contributed by atoms with Crippen molar-refractivity contribution in [3.8, 4) is 0 Å². The molecule has 0 aliphatic carbocycles. The highest BCUT2D eigenvalue weighted by Gasteiger charge is 2.27. The van der Waals surface area contributed by atoms with Crippen molar-refractivity contribution in [1.29, 1.82) is 0 Å². The van der Waals surface area contributed by atoms with Crippen LogP contribution in [0, 0.1) is 5.92 Å². The molecule has 0 aliphatic rings. The molecule has 0 aromatic heterocycles. The lowest BCUT2D eigenvalue weighted by Gasteiger charge is -2.23. The van der Waals surface area contributed by atoms with E-state index in [1.54, 1.807) is 0 Å². The number of carbonyl (C=O) groups is 3. The zero-order valence-corrected chi connectivity index (χ0v) is 17.1. The SMILES string of the molecule is C=C(Br)C[C@@H](NC(=O)[C@H](CC(C)C)NC(=O)OCc1ccccc1)C(N)=O. The van der Waals surface area contributed by atoms with Crippen molar-refractivity contribution >= 4 is 33.8 Å². The topological polar surface area (TPSA) is 111 Å². The second-order valence-electron chi connectivity index (χ2n) is 6.57. The molecule has 7 nitrogen and oxygen atoms in total. The van der Waals surface area contributed by atoms with Crippen LogP contribution in [0.15, 0.2) is 41.4 Å². The average molecular weight is 440 g/mol. The van der Waals surface area contributed by atoms with Gasteiger partial charge in [0.1, 0.15) is 18.7 Å². The van der Waals surface area contributed by atoms with Crippen LogP contribution in [0.2, 0.25) is 0 Å². The van der Waals surface area contributed by atoms with E-state index in [-0.39, 0.29) is 18.9 Å². The Labute approximate surface area is 167 Å². The highest BCUT2D eigenvalue weighted by molar-refractivity contribution is 9.11. The fraction of sp³-hybridized carbons (Fsp3) is 0.421. The van der Waals surface area contributed by atoms with Crippen molar-refractivity contribution in [1.82, 2.24) is 10.6 Å². The molecule has 4 N–H and O–H groups in total. The zero-order chi connectivity index (χ0) is 20.4. The lowest BCUT2D eigenvalue weighted by Crippen LogP contribution is -2.53. The molecule has 0 saturated heterocycles. The van der Waals surface area contributed by atoms with Gasteiger partial charge in [-0.15, -0.1) is 0 Å². The fourth-order valence-corrected chi connectivity index (χ4v) is 2.65. The lowest BCUT2D eigenvalue weighted by atomic mass is 10.0. The van der Waals surface area contributed by atoms with Crippen molar-refractivity contribution in [2.45, 2.75) is 45.4 Å². The third-order valence-electron chi connectivity index (χ3n) is 3.61. The fourth-order valence-electron chi connectivity index (χ4n) is 2.33. The van der Waals surface area contributed by atoms with Gasteiger partial charge in [0.2, 0.25) is 11.8 Å². The van der Waals surface area contributed by atoms with Gasteiger partial charge < -0.3 is 21.1 Å². The number of primary amides is 1. The van der Waals surface area contributed by atoms with Crippen LogP contribution in [0.1, 0.15) is 32.3 Å². The van der Waals surface area contributed by atoms with E-state index < -0.39 is 30.0 Å². The molecule has 0 bridgehead atoms. The number of rotatable bonds is 10. The summed E-state index contributed by atoms with van der Waals surface area (Å²) in [6.45, 7) is 7.58. The van der Waals surface area contributed by atoms with Crippen molar-refractivity contribution in [3.63, 3.8) is 0 Å². The van der Waals surface area contributed by atoms with E-state index in [0.717, 1.165) is 5.56 Å². The van der Waals surface area contributed by atoms with Crippen LogP contribution < -0.4 is 16.4 Å². The maximum atomic E-state index is 12.6. The van der Waals surface area contributed by atoms with Crippen LogP contribution in [0.3, 0.4) is 0 Å². The summed E-state index contributed by atoms with van der Waals surface area (Å²) < 4.78 is 5.69. The highest BCUT2D eigenvalue weighted by Crippen LogP contribution is 2.11. The Morgan fingerprint density at radius 3 is 2.30 bits per heavy atom. The van der Waals surface area contributed by atoms with E-state index >= 15 is 0 Å². The minimum atomic E-state index is -0.916. The maximum absolute atomic E-state index is 12.6. The van der Waals surface area contributed by atoms with E-state index in [2.05, 4.69) is 33.1 Å². The number of amides is 3. The first-order chi connectivity index (χ1) is 12.7. The van der Waals surface area contributed by atoms with E-state index in [4.69, 9.17) is 10.5 Å². The smallest absolute Gasteiger partial charge is 0.408 e. The monoisotopic (exact) mass is 439 g/mol. The average Bonchev–Trinajstić information content (AvgIpc) is 2.58. The third-order valence-corrected chi connectivity index (χ3v) is 3.94. The number of ether oxygens (including phenoxy) is 1. The Balaban J connectivity index is 2.69. The maximum Gasteiger partial charge on any atom is 0.408 e. The number of nitrogens with one attached hydrogen (secondary N) is 2. The summed E-state index contributed by atoms with van der Waals surface area (Å²) in [5.74, 6) is -1.05. The van der Waals surface area contributed by atoms with E-state index in [1.807, 2.05) is 44.2 Å². The van der Waals surface area contributed by atoms with Crippen LogP contribution in [0.5, 0.6) is 0 Å². The van der Waals surface area contributed by atoms with Gasteiger partial charge in [-0.2, -0.15) is 0 Å². The second-order valence-corrected chi connectivity index (χ2v) is 7.69. The summed E-state index contributed by atoms with van der Waals surface area (Å²) in [6.07, 6.45) is -0.166. The van der Waals surface area contributed by atoms with Gasteiger partial charge in [-0.3, -0.25) is 9.59 Å². The molecule has 8 heteroatoms. The minimum Gasteiger partial charge on any atom is -0.445 e. The van der Waals surface area contributed by atoms with Gasteiger partial charge in [0.25, 0.3) is 0 Å². The van der Waals surface area contributed by atoms with E-state index in [0.29, 0.717) is 10.9 Å². The van der Waals surface area contributed by atoms with Crippen LogP contribution in [0.25, 0.3) is 0 Å². The lowest BCUT2D eigenvalue weighted by molar-refractivity contribution is -0.128. The van der Waals surface area contributed by atoms with Gasteiger partial charge in [0.15, 0.2) is 0 Å². The molecule has 0 aliphatic heterocycles. The summed E-state index contributed by atoms with van der Waals surface area (Å²) >= 11 is 3.15.